The number of hydrogen-bond acceptors (Lipinski definition) is 3. The Morgan fingerprint density at radius 2 is 2.22 bits per heavy atom. The van der Waals surface area contributed by atoms with Gasteiger partial charge in [-0.15, -0.1) is 0 Å². The van der Waals surface area contributed by atoms with E-state index in [2.05, 4.69) is 23.3 Å². The number of para-hydroxylation sites is 2. The van der Waals surface area contributed by atoms with Crippen molar-refractivity contribution < 1.29 is 0 Å². The summed E-state index contributed by atoms with van der Waals surface area (Å²) >= 11 is 0. The third kappa shape index (κ3) is 2.52. The molecule has 4 nitrogen and oxygen atoms in total. The zero-order valence-electron chi connectivity index (χ0n) is 10.8. The molecular formula is C14H18N4. The van der Waals surface area contributed by atoms with Crippen molar-refractivity contribution in [2.45, 2.75) is 32.4 Å². The zero-order chi connectivity index (χ0) is 13.0. The number of hydrogen-bond donors (Lipinski definition) is 1. The molecule has 0 aliphatic rings. The molecule has 0 aliphatic heterocycles. The minimum absolute atomic E-state index is 0.556. The number of fused-ring (bicyclic) bond motifs is 1. The van der Waals surface area contributed by atoms with E-state index in [-0.39, 0.29) is 0 Å². The van der Waals surface area contributed by atoms with Gasteiger partial charge in [-0.05, 0) is 32.0 Å². The molecule has 1 atom stereocenters. The van der Waals surface area contributed by atoms with E-state index in [0.29, 0.717) is 6.54 Å². The smallest absolute Gasteiger partial charge is 0.122 e. The van der Waals surface area contributed by atoms with Gasteiger partial charge >= 0.3 is 0 Å². The molecule has 0 fully saturated rings. The Kier molecular flexibility index (Phi) is 3.63. The van der Waals surface area contributed by atoms with Gasteiger partial charge in [-0.1, -0.05) is 19.1 Å². The topological polar surface area (TPSA) is 53.6 Å². The highest BCUT2D eigenvalue weighted by Crippen LogP contribution is 2.15. The summed E-state index contributed by atoms with van der Waals surface area (Å²) in [5.74, 6) is 0. The van der Waals surface area contributed by atoms with E-state index < -0.39 is 5.54 Å². The number of nitriles is 1. The van der Waals surface area contributed by atoms with E-state index >= 15 is 0 Å². The average Bonchev–Trinajstić information content (AvgIpc) is 2.80. The zero-order valence-corrected chi connectivity index (χ0v) is 10.8. The average molecular weight is 242 g/mol. The second-order valence-electron chi connectivity index (χ2n) is 4.73. The first kappa shape index (κ1) is 12.6. The molecule has 18 heavy (non-hydrogen) atoms. The van der Waals surface area contributed by atoms with Crippen molar-refractivity contribution in [1.82, 2.24) is 14.9 Å². The molecule has 0 saturated heterocycles. The van der Waals surface area contributed by atoms with Gasteiger partial charge in [-0.3, -0.25) is 5.32 Å². The highest BCUT2D eigenvalue weighted by molar-refractivity contribution is 5.74. The summed E-state index contributed by atoms with van der Waals surface area (Å²) in [6.07, 6.45) is 2.82. The van der Waals surface area contributed by atoms with Crippen LogP contribution in [0.15, 0.2) is 30.6 Å². The molecule has 0 spiro atoms. The van der Waals surface area contributed by atoms with Crippen LogP contribution in [0.3, 0.4) is 0 Å². The second kappa shape index (κ2) is 5.19. The predicted octanol–water partition coefficient (Wildman–Crippen LogP) is 2.32. The normalized spacial score (nSPS) is 14.3. The monoisotopic (exact) mass is 242 g/mol. The Morgan fingerprint density at radius 3 is 2.94 bits per heavy atom. The Labute approximate surface area is 107 Å². The van der Waals surface area contributed by atoms with Crippen molar-refractivity contribution in [3.8, 4) is 6.07 Å². The molecule has 2 aromatic rings. The van der Waals surface area contributed by atoms with E-state index in [1.165, 1.54) is 0 Å². The molecule has 2 rings (SSSR count). The molecule has 0 saturated carbocycles. The second-order valence-corrected chi connectivity index (χ2v) is 4.73. The Balaban J connectivity index is 2.24. The highest BCUT2D eigenvalue weighted by atomic mass is 15.1. The molecule has 0 aliphatic carbocycles. The van der Waals surface area contributed by atoms with Gasteiger partial charge in [0.1, 0.15) is 5.54 Å². The van der Waals surface area contributed by atoms with Crippen molar-refractivity contribution in [3.63, 3.8) is 0 Å². The minimum Gasteiger partial charge on any atom is -0.328 e. The standard InChI is InChI=1S/C14H18N4/c1-3-8-17-14(2,9-15)10-18-11-16-12-6-4-5-7-13(12)18/h4-7,11,17H,3,8,10H2,1-2H3. The molecule has 1 aromatic heterocycles. The van der Waals surface area contributed by atoms with Crippen molar-refractivity contribution in [1.29, 1.82) is 5.26 Å². The lowest BCUT2D eigenvalue weighted by Crippen LogP contribution is -2.44. The molecule has 4 heteroatoms. The largest absolute Gasteiger partial charge is 0.328 e. The molecule has 0 amide bonds. The summed E-state index contributed by atoms with van der Waals surface area (Å²) in [4.78, 5) is 4.34. The maximum atomic E-state index is 9.34. The van der Waals surface area contributed by atoms with Gasteiger partial charge in [0.25, 0.3) is 0 Å². The van der Waals surface area contributed by atoms with E-state index in [0.717, 1.165) is 24.0 Å². The van der Waals surface area contributed by atoms with Crippen LogP contribution in [-0.2, 0) is 6.54 Å². The third-order valence-corrected chi connectivity index (χ3v) is 3.03. The van der Waals surface area contributed by atoms with E-state index in [4.69, 9.17) is 0 Å². The van der Waals surface area contributed by atoms with Gasteiger partial charge < -0.3 is 4.57 Å². The first-order chi connectivity index (χ1) is 8.68. The van der Waals surface area contributed by atoms with Crippen LogP contribution in [0.25, 0.3) is 11.0 Å². The summed E-state index contributed by atoms with van der Waals surface area (Å²) in [7, 11) is 0. The summed E-state index contributed by atoms with van der Waals surface area (Å²) in [6.45, 7) is 5.47. The first-order valence-corrected chi connectivity index (χ1v) is 6.25. The van der Waals surface area contributed by atoms with Crippen LogP contribution in [0.5, 0.6) is 0 Å². The number of benzene rings is 1. The summed E-state index contributed by atoms with van der Waals surface area (Å²) in [5.41, 5.74) is 1.48. The summed E-state index contributed by atoms with van der Waals surface area (Å²) in [6, 6.07) is 10.3. The van der Waals surface area contributed by atoms with Crippen LogP contribution in [0.2, 0.25) is 0 Å². The van der Waals surface area contributed by atoms with Crippen LogP contribution < -0.4 is 5.32 Å². The molecule has 1 unspecified atom stereocenters. The van der Waals surface area contributed by atoms with Crippen molar-refractivity contribution in [2.24, 2.45) is 0 Å². The minimum atomic E-state index is -0.556. The van der Waals surface area contributed by atoms with Crippen molar-refractivity contribution in [2.75, 3.05) is 6.54 Å². The molecular weight excluding hydrogens is 224 g/mol. The fourth-order valence-corrected chi connectivity index (χ4v) is 2.01. The number of rotatable bonds is 5. The van der Waals surface area contributed by atoms with Gasteiger partial charge in [0, 0.05) is 0 Å². The number of nitrogens with one attached hydrogen (secondary N) is 1. The number of imidazole rings is 1. The Morgan fingerprint density at radius 1 is 1.44 bits per heavy atom. The van der Waals surface area contributed by atoms with Crippen LogP contribution in [0.4, 0.5) is 0 Å². The van der Waals surface area contributed by atoms with Crippen LogP contribution in [0, 0.1) is 11.3 Å². The third-order valence-electron chi connectivity index (χ3n) is 3.03. The first-order valence-electron chi connectivity index (χ1n) is 6.25. The SMILES string of the molecule is CCCNC(C)(C#N)Cn1cnc2ccccc21. The predicted molar refractivity (Wildman–Crippen MR) is 72.0 cm³/mol. The fraction of sp³-hybridized carbons (Fsp3) is 0.429. The Hall–Kier alpha value is -1.86. The molecule has 1 aromatic carbocycles. The summed E-state index contributed by atoms with van der Waals surface area (Å²) < 4.78 is 2.03. The van der Waals surface area contributed by atoms with Gasteiger partial charge in [-0.2, -0.15) is 5.26 Å². The highest BCUT2D eigenvalue weighted by Gasteiger charge is 2.23. The molecule has 0 radical (unpaired) electrons. The van der Waals surface area contributed by atoms with Crippen molar-refractivity contribution in [3.05, 3.63) is 30.6 Å². The Bertz CT molecular complexity index is 566. The lowest BCUT2D eigenvalue weighted by Gasteiger charge is -2.23. The maximum absolute atomic E-state index is 9.34. The number of aromatic nitrogens is 2. The number of nitrogens with zero attached hydrogens (tertiary/aromatic N) is 3. The lowest BCUT2D eigenvalue weighted by atomic mass is 10.0. The van der Waals surface area contributed by atoms with Gasteiger partial charge in [-0.25, -0.2) is 4.98 Å². The van der Waals surface area contributed by atoms with Gasteiger partial charge in [0.05, 0.1) is 30.0 Å². The van der Waals surface area contributed by atoms with E-state index in [1.54, 1.807) is 6.33 Å². The van der Waals surface area contributed by atoms with Crippen molar-refractivity contribution >= 4 is 11.0 Å². The van der Waals surface area contributed by atoms with Gasteiger partial charge in [0.2, 0.25) is 0 Å². The van der Waals surface area contributed by atoms with Gasteiger partial charge in [0.15, 0.2) is 0 Å². The quantitative estimate of drug-likeness (QED) is 0.875. The fourth-order valence-electron chi connectivity index (χ4n) is 2.01. The van der Waals surface area contributed by atoms with Crippen LogP contribution in [-0.4, -0.2) is 21.6 Å². The molecule has 94 valence electrons. The molecule has 1 N–H and O–H groups in total. The molecule has 1 heterocycles. The maximum Gasteiger partial charge on any atom is 0.122 e. The van der Waals surface area contributed by atoms with E-state index in [9.17, 15) is 5.26 Å². The molecule has 0 bridgehead atoms. The summed E-state index contributed by atoms with van der Waals surface area (Å²) in [5, 5.41) is 12.6. The van der Waals surface area contributed by atoms with E-state index in [1.807, 2.05) is 35.8 Å². The van der Waals surface area contributed by atoms with Crippen LogP contribution >= 0.6 is 0 Å². The van der Waals surface area contributed by atoms with Crippen LogP contribution in [0.1, 0.15) is 20.3 Å². The lowest BCUT2D eigenvalue weighted by molar-refractivity contribution is 0.393.